The third-order valence-electron chi connectivity index (χ3n) is 7.72. The number of cyclic esters (lactones) is 1. The molecule has 4 aliphatic rings. The monoisotopic (exact) mass is 555 g/mol. The Morgan fingerprint density at radius 1 is 1.21 bits per heavy atom. The van der Waals surface area contributed by atoms with E-state index in [1.807, 2.05) is 25.7 Å². The van der Waals surface area contributed by atoms with Gasteiger partial charge < -0.3 is 14.4 Å². The fourth-order valence-electron chi connectivity index (χ4n) is 6.05. The van der Waals surface area contributed by atoms with E-state index in [-0.39, 0.29) is 30.7 Å². The Hall–Kier alpha value is -2.64. The molecule has 3 saturated heterocycles. The second-order valence-corrected chi connectivity index (χ2v) is 13.1. The summed E-state index contributed by atoms with van der Waals surface area (Å²) >= 11 is 0. The minimum atomic E-state index is -3.67. The van der Waals surface area contributed by atoms with E-state index in [0.29, 0.717) is 24.5 Å². The van der Waals surface area contributed by atoms with Gasteiger partial charge in [0.2, 0.25) is 0 Å². The molecule has 3 heterocycles. The van der Waals surface area contributed by atoms with Gasteiger partial charge in [0.15, 0.2) is 0 Å². The molecule has 13 heteroatoms. The molecule has 1 saturated carbocycles. The van der Waals surface area contributed by atoms with Crippen LogP contribution in [-0.4, -0.2) is 82.0 Å². The molecule has 11 nitrogen and oxygen atoms in total. The van der Waals surface area contributed by atoms with E-state index in [4.69, 9.17) is 18.5 Å². The van der Waals surface area contributed by atoms with Gasteiger partial charge in [-0.3, -0.25) is 13.9 Å². The predicted molar refractivity (Wildman–Crippen MR) is 135 cm³/mol. The number of hydrogen-bond acceptors (Lipinski definition) is 9. The molecule has 2 unspecified atom stereocenters. The lowest BCUT2D eigenvalue weighted by Gasteiger charge is -2.42. The maximum Gasteiger partial charge on any atom is 0.434 e. The maximum absolute atomic E-state index is 15.3. The molecule has 1 aromatic carbocycles. The lowest BCUT2D eigenvalue weighted by Crippen LogP contribution is -2.48. The van der Waals surface area contributed by atoms with Crippen LogP contribution >= 0.6 is 0 Å². The SMILES string of the molecule is CC(C)(C)OC(=O)N1OC2CCC1C21CCN(c2ccc(N3C[C@H](COS(C)(=O)=O)OC3=O)cc2F)CC1. The minimum Gasteiger partial charge on any atom is -0.442 e. The minimum absolute atomic E-state index is 0.0519. The third-order valence-corrected chi connectivity index (χ3v) is 8.29. The highest BCUT2D eigenvalue weighted by Gasteiger charge is 2.62. The Kier molecular flexibility index (Phi) is 6.75. The van der Waals surface area contributed by atoms with E-state index in [9.17, 15) is 18.0 Å². The summed E-state index contributed by atoms with van der Waals surface area (Å²) < 4.78 is 53.1. The van der Waals surface area contributed by atoms with Crippen LogP contribution < -0.4 is 9.80 Å². The summed E-state index contributed by atoms with van der Waals surface area (Å²) in [6.45, 7) is 6.44. The molecule has 5 rings (SSSR count). The molecule has 4 fully saturated rings. The number of piperidine rings is 1. The van der Waals surface area contributed by atoms with Crippen molar-refractivity contribution in [2.45, 2.75) is 70.3 Å². The Morgan fingerprint density at radius 2 is 1.92 bits per heavy atom. The first-order chi connectivity index (χ1) is 17.8. The highest BCUT2D eigenvalue weighted by molar-refractivity contribution is 7.85. The summed E-state index contributed by atoms with van der Waals surface area (Å²) in [5.74, 6) is -0.469. The van der Waals surface area contributed by atoms with Crippen LogP contribution in [0, 0.1) is 11.2 Å². The molecule has 210 valence electrons. The highest BCUT2D eigenvalue weighted by atomic mass is 32.2. The van der Waals surface area contributed by atoms with Crippen molar-refractivity contribution in [3.05, 3.63) is 24.0 Å². The largest absolute Gasteiger partial charge is 0.442 e. The van der Waals surface area contributed by atoms with Gasteiger partial charge in [0.25, 0.3) is 10.1 Å². The number of ether oxygens (including phenoxy) is 2. The van der Waals surface area contributed by atoms with Crippen molar-refractivity contribution >= 4 is 33.7 Å². The zero-order chi connectivity index (χ0) is 27.5. The van der Waals surface area contributed by atoms with E-state index in [2.05, 4.69) is 0 Å². The number of carbonyl (C=O) groups is 2. The number of rotatable bonds is 5. The Balaban J connectivity index is 1.22. The predicted octanol–water partition coefficient (Wildman–Crippen LogP) is 3.43. The number of hydrogen-bond donors (Lipinski definition) is 0. The van der Waals surface area contributed by atoms with E-state index >= 15 is 4.39 Å². The van der Waals surface area contributed by atoms with Crippen molar-refractivity contribution < 1.29 is 40.9 Å². The second-order valence-electron chi connectivity index (χ2n) is 11.5. The summed E-state index contributed by atoms with van der Waals surface area (Å²) in [4.78, 5) is 34.3. The number of amides is 2. The lowest BCUT2D eigenvalue weighted by molar-refractivity contribution is -0.170. The van der Waals surface area contributed by atoms with Gasteiger partial charge in [-0.25, -0.2) is 14.0 Å². The van der Waals surface area contributed by atoms with Gasteiger partial charge in [0.05, 0.1) is 36.3 Å². The van der Waals surface area contributed by atoms with Crippen LogP contribution in [0.4, 0.5) is 25.4 Å². The summed E-state index contributed by atoms with van der Waals surface area (Å²) in [6, 6.07) is 4.52. The first-order valence-corrected chi connectivity index (χ1v) is 14.6. The molecule has 0 aromatic heterocycles. The van der Waals surface area contributed by atoms with E-state index in [0.717, 1.165) is 31.9 Å². The number of hydroxylamine groups is 2. The second kappa shape index (κ2) is 9.53. The van der Waals surface area contributed by atoms with Gasteiger partial charge in [-0.15, -0.1) is 0 Å². The molecule has 1 spiro atoms. The van der Waals surface area contributed by atoms with Crippen molar-refractivity contribution in [1.29, 1.82) is 0 Å². The highest BCUT2D eigenvalue weighted by Crippen LogP contribution is 2.56. The molecule has 3 atom stereocenters. The summed E-state index contributed by atoms with van der Waals surface area (Å²) in [6.07, 6.45) is 2.18. The van der Waals surface area contributed by atoms with Crippen LogP contribution in [0.1, 0.15) is 46.5 Å². The van der Waals surface area contributed by atoms with Gasteiger partial charge in [-0.1, -0.05) is 0 Å². The molecular weight excluding hydrogens is 521 g/mol. The number of halogens is 1. The quantitative estimate of drug-likeness (QED) is 0.504. The van der Waals surface area contributed by atoms with Gasteiger partial charge in [-0.05, 0) is 64.7 Å². The van der Waals surface area contributed by atoms with Crippen molar-refractivity contribution in [3.8, 4) is 0 Å². The molecule has 0 N–H and O–H groups in total. The van der Waals surface area contributed by atoms with Gasteiger partial charge in [0, 0.05) is 18.5 Å². The molecule has 3 aliphatic heterocycles. The smallest absolute Gasteiger partial charge is 0.434 e. The Morgan fingerprint density at radius 3 is 2.55 bits per heavy atom. The van der Waals surface area contributed by atoms with Crippen molar-refractivity contribution in [2.24, 2.45) is 5.41 Å². The van der Waals surface area contributed by atoms with Gasteiger partial charge in [-0.2, -0.15) is 13.5 Å². The molecule has 2 bridgehead atoms. The average molecular weight is 556 g/mol. The molecular formula is C25H34FN3O8S. The standard InChI is InChI=1S/C25H34FN3O8S/c1-24(2,3)36-23(31)29-20-7-8-21(37-29)25(20)9-11-27(12-10-25)19-6-5-16(13-18(19)26)28-14-17(35-22(28)30)15-34-38(4,32)33/h5-6,13,17,20-21H,7-12,14-15H2,1-4H3/t17-,20?,21?/m1/s1. The van der Waals surface area contributed by atoms with Crippen LogP contribution in [0.2, 0.25) is 0 Å². The molecule has 1 aliphatic carbocycles. The van der Waals surface area contributed by atoms with E-state index in [1.54, 1.807) is 12.1 Å². The topological polar surface area (TPSA) is 115 Å². The third kappa shape index (κ3) is 5.15. The number of anilines is 2. The Labute approximate surface area is 221 Å². The van der Waals surface area contributed by atoms with Crippen LogP contribution in [0.5, 0.6) is 0 Å². The number of nitrogens with zero attached hydrogens (tertiary/aromatic N) is 3. The number of benzene rings is 1. The van der Waals surface area contributed by atoms with Crippen molar-refractivity contribution in [3.63, 3.8) is 0 Å². The lowest BCUT2D eigenvalue weighted by atomic mass is 9.73. The van der Waals surface area contributed by atoms with Gasteiger partial charge >= 0.3 is 12.2 Å². The van der Waals surface area contributed by atoms with Crippen molar-refractivity contribution in [2.75, 3.05) is 42.3 Å². The van der Waals surface area contributed by atoms with E-state index in [1.165, 1.54) is 16.0 Å². The number of carbonyl (C=O) groups excluding carboxylic acids is 2. The summed E-state index contributed by atoms with van der Waals surface area (Å²) in [5.41, 5.74) is -0.0316. The van der Waals surface area contributed by atoms with Crippen molar-refractivity contribution in [1.82, 2.24) is 5.06 Å². The zero-order valence-electron chi connectivity index (χ0n) is 22.0. The van der Waals surface area contributed by atoms with Crippen LogP contribution in [0.3, 0.4) is 0 Å². The molecule has 38 heavy (non-hydrogen) atoms. The Bertz CT molecular complexity index is 1210. The average Bonchev–Trinajstić information content (AvgIpc) is 3.46. The summed E-state index contributed by atoms with van der Waals surface area (Å²) in [7, 11) is -3.67. The molecule has 2 amide bonds. The normalized spacial score (nSPS) is 26.8. The van der Waals surface area contributed by atoms with Crippen LogP contribution in [-0.2, 0) is 28.6 Å². The first-order valence-electron chi connectivity index (χ1n) is 12.8. The van der Waals surface area contributed by atoms with Gasteiger partial charge in [0.1, 0.15) is 24.1 Å². The zero-order valence-corrected chi connectivity index (χ0v) is 22.8. The summed E-state index contributed by atoms with van der Waals surface area (Å²) in [5, 5.41) is 1.42. The molecule has 0 radical (unpaired) electrons. The van der Waals surface area contributed by atoms with E-state index < -0.39 is 39.8 Å². The first kappa shape index (κ1) is 26.9. The van der Waals surface area contributed by atoms with Crippen LogP contribution in [0.15, 0.2) is 18.2 Å². The maximum atomic E-state index is 15.3. The molecule has 1 aromatic rings. The fraction of sp³-hybridized carbons (Fsp3) is 0.680. The fourth-order valence-corrected chi connectivity index (χ4v) is 6.45. The van der Waals surface area contributed by atoms with Crippen LogP contribution in [0.25, 0.3) is 0 Å².